The van der Waals surface area contributed by atoms with Crippen molar-refractivity contribution in [3.63, 3.8) is 0 Å². The van der Waals surface area contributed by atoms with Crippen molar-refractivity contribution >= 4 is 17.7 Å². The Bertz CT molecular complexity index is 253. The SMILES string of the molecule is O=C(S)C12C3CC4C(C41)C32. The van der Waals surface area contributed by atoms with Crippen LogP contribution in [-0.2, 0) is 4.79 Å². The molecule has 10 heavy (non-hydrogen) atoms. The molecule has 0 aromatic heterocycles. The first-order valence-corrected chi connectivity index (χ1v) is 4.47. The minimum atomic E-state index is 0.179. The van der Waals surface area contributed by atoms with E-state index in [-0.39, 0.29) is 10.5 Å². The van der Waals surface area contributed by atoms with Crippen molar-refractivity contribution in [3.05, 3.63) is 0 Å². The predicted octanol–water partition coefficient (Wildman–Crippen LogP) is 0.955. The molecule has 0 aromatic carbocycles. The Morgan fingerprint density at radius 2 is 2.30 bits per heavy atom. The van der Waals surface area contributed by atoms with Crippen molar-refractivity contribution in [3.8, 4) is 0 Å². The lowest BCUT2D eigenvalue weighted by Gasteiger charge is -2.19. The second-order valence-electron chi connectivity index (χ2n) is 4.37. The molecule has 52 valence electrons. The molecule has 2 heteroatoms. The van der Waals surface area contributed by atoms with Gasteiger partial charge in [0.25, 0.3) is 0 Å². The lowest BCUT2D eigenvalue weighted by Crippen LogP contribution is -2.25. The molecule has 0 spiro atoms. The highest BCUT2D eigenvalue weighted by molar-refractivity contribution is 7.96. The Labute approximate surface area is 64.6 Å². The third-order valence-corrected chi connectivity index (χ3v) is 4.97. The summed E-state index contributed by atoms with van der Waals surface area (Å²) in [6.07, 6.45) is 1.37. The second-order valence-corrected chi connectivity index (χ2v) is 4.78. The van der Waals surface area contributed by atoms with Gasteiger partial charge in [0.15, 0.2) is 5.12 Å². The lowest BCUT2D eigenvalue weighted by atomic mass is 9.86. The summed E-state index contributed by atoms with van der Waals surface area (Å²) in [5.41, 5.74) is 0.179. The van der Waals surface area contributed by atoms with Crippen molar-refractivity contribution in [1.82, 2.24) is 0 Å². The summed E-state index contributed by atoms with van der Waals surface area (Å²) in [6, 6.07) is 0. The van der Waals surface area contributed by atoms with Crippen LogP contribution in [0.15, 0.2) is 0 Å². The molecule has 5 saturated carbocycles. The zero-order chi connectivity index (χ0) is 6.67. The molecule has 5 fully saturated rings. The van der Waals surface area contributed by atoms with E-state index in [1.807, 2.05) is 0 Å². The quantitative estimate of drug-likeness (QED) is 0.554. The van der Waals surface area contributed by atoms with Crippen LogP contribution in [0.25, 0.3) is 0 Å². The number of carbonyl (C=O) groups is 1. The zero-order valence-corrected chi connectivity index (χ0v) is 6.34. The molecule has 0 amide bonds. The highest BCUT2D eigenvalue weighted by Crippen LogP contribution is 2.99. The van der Waals surface area contributed by atoms with E-state index in [1.165, 1.54) is 6.42 Å². The van der Waals surface area contributed by atoms with Crippen LogP contribution < -0.4 is 0 Å². The summed E-state index contributed by atoms with van der Waals surface area (Å²) in [5, 5.41) is 0.212. The molecule has 2 bridgehead atoms. The highest BCUT2D eigenvalue weighted by Gasteiger charge is 2.98. The molecule has 6 atom stereocenters. The number of thiol groups is 1. The van der Waals surface area contributed by atoms with Crippen molar-refractivity contribution in [1.29, 1.82) is 0 Å². The van der Waals surface area contributed by atoms with Gasteiger partial charge in [-0.3, -0.25) is 4.79 Å². The maximum Gasteiger partial charge on any atom is 0.192 e. The van der Waals surface area contributed by atoms with E-state index in [2.05, 4.69) is 12.6 Å². The van der Waals surface area contributed by atoms with Gasteiger partial charge in [-0.2, -0.15) is 0 Å². The van der Waals surface area contributed by atoms with Crippen LogP contribution in [0.3, 0.4) is 0 Å². The van der Waals surface area contributed by atoms with Gasteiger partial charge in [-0.1, -0.05) is 0 Å². The van der Waals surface area contributed by atoms with Gasteiger partial charge >= 0.3 is 0 Å². The van der Waals surface area contributed by atoms with Crippen LogP contribution in [0.2, 0.25) is 0 Å². The molecule has 0 heterocycles. The summed E-state index contributed by atoms with van der Waals surface area (Å²) in [4.78, 5) is 11.1. The van der Waals surface area contributed by atoms with Gasteiger partial charge in [-0.15, -0.1) is 12.6 Å². The van der Waals surface area contributed by atoms with E-state index in [0.29, 0.717) is 0 Å². The molecule has 5 aliphatic carbocycles. The van der Waals surface area contributed by atoms with Gasteiger partial charge in [0, 0.05) is 5.41 Å². The summed E-state index contributed by atoms with van der Waals surface area (Å²) < 4.78 is 0. The first-order valence-electron chi connectivity index (χ1n) is 4.03. The van der Waals surface area contributed by atoms with Crippen molar-refractivity contribution < 1.29 is 4.79 Å². The van der Waals surface area contributed by atoms with Gasteiger partial charge in [0.1, 0.15) is 0 Å². The Balaban J connectivity index is 1.95. The largest absolute Gasteiger partial charge is 0.287 e. The molecule has 0 N–H and O–H groups in total. The van der Waals surface area contributed by atoms with Crippen LogP contribution in [-0.4, -0.2) is 5.12 Å². The fraction of sp³-hybridized carbons (Fsp3) is 0.875. The standard InChI is InChI=1S/C8H8OS/c9-7(10)8-3-1-2-4(5(2)8)6(3)8/h2-6H,1H2,(H,9,10). The third kappa shape index (κ3) is 0.204. The van der Waals surface area contributed by atoms with Crippen molar-refractivity contribution in [2.45, 2.75) is 6.42 Å². The molecular formula is C8H8OS. The van der Waals surface area contributed by atoms with E-state index in [9.17, 15) is 4.79 Å². The Morgan fingerprint density at radius 3 is 2.50 bits per heavy atom. The molecule has 0 aliphatic heterocycles. The van der Waals surface area contributed by atoms with E-state index in [4.69, 9.17) is 0 Å². The van der Waals surface area contributed by atoms with Gasteiger partial charge < -0.3 is 0 Å². The fourth-order valence-corrected chi connectivity index (χ4v) is 4.86. The van der Waals surface area contributed by atoms with Gasteiger partial charge in [-0.25, -0.2) is 0 Å². The first-order chi connectivity index (χ1) is 4.79. The predicted molar refractivity (Wildman–Crippen MR) is 38.5 cm³/mol. The number of hydrogen-bond acceptors (Lipinski definition) is 1. The molecule has 5 aliphatic rings. The molecule has 0 saturated heterocycles. The molecule has 0 aromatic rings. The maximum absolute atomic E-state index is 11.1. The van der Waals surface area contributed by atoms with Crippen LogP contribution in [0.4, 0.5) is 0 Å². The van der Waals surface area contributed by atoms with E-state index < -0.39 is 0 Å². The highest BCUT2D eigenvalue weighted by atomic mass is 32.1. The molecule has 0 radical (unpaired) electrons. The Hall–Kier alpha value is 0.0200. The maximum atomic E-state index is 11.1. The van der Waals surface area contributed by atoms with Crippen LogP contribution in [0.1, 0.15) is 6.42 Å². The van der Waals surface area contributed by atoms with Crippen LogP contribution in [0.5, 0.6) is 0 Å². The average molecular weight is 152 g/mol. The van der Waals surface area contributed by atoms with E-state index in [1.54, 1.807) is 0 Å². The van der Waals surface area contributed by atoms with Crippen LogP contribution >= 0.6 is 12.6 Å². The number of hydrogen-bond donors (Lipinski definition) is 1. The zero-order valence-electron chi connectivity index (χ0n) is 5.45. The minimum Gasteiger partial charge on any atom is -0.287 e. The monoisotopic (exact) mass is 152 g/mol. The average Bonchev–Trinajstić information content (AvgIpc) is 2.44. The van der Waals surface area contributed by atoms with Gasteiger partial charge in [0.05, 0.1) is 0 Å². The first kappa shape index (κ1) is 4.81. The van der Waals surface area contributed by atoms with Crippen LogP contribution in [0, 0.1) is 35.0 Å². The summed E-state index contributed by atoms with van der Waals surface area (Å²) in [6.45, 7) is 0. The van der Waals surface area contributed by atoms with Crippen molar-refractivity contribution in [2.75, 3.05) is 0 Å². The van der Waals surface area contributed by atoms with Crippen molar-refractivity contribution in [2.24, 2.45) is 35.0 Å². The molecular weight excluding hydrogens is 144 g/mol. The molecule has 6 unspecified atom stereocenters. The number of rotatable bonds is 1. The second kappa shape index (κ2) is 0.927. The topological polar surface area (TPSA) is 17.1 Å². The van der Waals surface area contributed by atoms with E-state index >= 15 is 0 Å². The molecule has 1 nitrogen and oxygen atoms in total. The summed E-state index contributed by atoms with van der Waals surface area (Å²) >= 11 is 3.98. The number of carbonyl (C=O) groups excluding carboxylic acids is 1. The lowest BCUT2D eigenvalue weighted by molar-refractivity contribution is -0.118. The van der Waals surface area contributed by atoms with Gasteiger partial charge in [0.2, 0.25) is 0 Å². The Kier molecular flexibility index (Phi) is 0.446. The van der Waals surface area contributed by atoms with Gasteiger partial charge in [-0.05, 0) is 36.0 Å². The summed E-state index contributed by atoms with van der Waals surface area (Å²) in [5.74, 6) is 4.43. The molecule has 5 rings (SSSR count). The fourth-order valence-electron chi connectivity index (χ4n) is 4.39. The normalized spacial score (nSPS) is 77.9. The third-order valence-electron chi connectivity index (χ3n) is 4.58. The minimum absolute atomic E-state index is 0.179. The van der Waals surface area contributed by atoms with E-state index in [0.717, 1.165) is 29.6 Å². The smallest absolute Gasteiger partial charge is 0.192 e. The Morgan fingerprint density at radius 1 is 1.50 bits per heavy atom. The summed E-state index contributed by atoms with van der Waals surface area (Å²) in [7, 11) is 0.